The number of rotatable bonds is 1. The maximum Gasteiger partial charge on any atom is 0.157 e. The Morgan fingerprint density at radius 3 is 2.33 bits per heavy atom. The first kappa shape index (κ1) is 11.2. The Bertz CT molecular complexity index is 703. The number of hydrogen-bond donors (Lipinski definition) is 1. The number of benzene rings is 2. The van der Waals surface area contributed by atoms with Gasteiger partial charge in [0.25, 0.3) is 0 Å². The summed E-state index contributed by atoms with van der Waals surface area (Å²) in [5.41, 5.74) is 3.19. The summed E-state index contributed by atoms with van der Waals surface area (Å²) in [6, 6.07) is 11.3. The second-order valence-electron chi connectivity index (χ2n) is 4.09. The standard InChI is InChI=1S/C13H10BrN3O/c1-8-6-9(14)13(18)12(7-8)17-15-10-4-2-3-5-11(10)16-17/h2-7,18H,1H3. The number of phenols is 1. The van der Waals surface area contributed by atoms with Gasteiger partial charge in [0, 0.05) is 0 Å². The second kappa shape index (κ2) is 4.10. The summed E-state index contributed by atoms with van der Waals surface area (Å²) < 4.78 is 0.638. The molecule has 0 atom stereocenters. The highest BCUT2D eigenvalue weighted by atomic mass is 79.9. The lowest BCUT2D eigenvalue weighted by molar-refractivity contribution is 0.464. The van der Waals surface area contributed by atoms with Gasteiger partial charge in [-0.25, -0.2) is 0 Å². The van der Waals surface area contributed by atoms with Crippen LogP contribution in [-0.4, -0.2) is 20.1 Å². The van der Waals surface area contributed by atoms with Crippen molar-refractivity contribution in [2.24, 2.45) is 0 Å². The molecular weight excluding hydrogens is 294 g/mol. The maximum absolute atomic E-state index is 10.1. The van der Waals surface area contributed by atoms with Gasteiger partial charge in [0.2, 0.25) is 0 Å². The van der Waals surface area contributed by atoms with Crippen LogP contribution in [0.2, 0.25) is 0 Å². The monoisotopic (exact) mass is 303 g/mol. The van der Waals surface area contributed by atoms with Crippen molar-refractivity contribution in [1.82, 2.24) is 15.0 Å². The van der Waals surface area contributed by atoms with Crippen LogP contribution in [0.5, 0.6) is 5.75 Å². The van der Waals surface area contributed by atoms with Crippen LogP contribution in [0.25, 0.3) is 16.7 Å². The average Bonchev–Trinajstić information content (AvgIpc) is 2.77. The zero-order chi connectivity index (χ0) is 12.7. The molecule has 0 radical (unpaired) electrons. The molecule has 0 fully saturated rings. The fourth-order valence-electron chi connectivity index (χ4n) is 1.84. The molecule has 18 heavy (non-hydrogen) atoms. The van der Waals surface area contributed by atoms with Gasteiger partial charge in [0.05, 0.1) is 4.47 Å². The van der Waals surface area contributed by atoms with E-state index in [0.717, 1.165) is 16.6 Å². The van der Waals surface area contributed by atoms with E-state index in [9.17, 15) is 5.11 Å². The van der Waals surface area contributed by atoms with Gasteiger partial charge < -0.3 is 5.11 Å². The van der Waals surface area contributed by atoms with E-state index in [4.69, 9.17) is 0 Å². The second-order valence-corrected chi connectivity index (χ2v) is 4.95. The van der Waals surface area contributed by atoms with Crippen molar-refractivity contribution < 1.29 is 5.11 Å². The molecule has 1 heterocycles. The number of phenolic OH excluding ortho intramolecular Hbond substituents is 1. The summed E-state index contributed by atoms with van der Waals surface area (Å²) in [6.45, 7) is 1.96. The minimum absolute atomic E-state index is 0.140. The van der Waals surface area contributed by atoms with Crippen LogP contribution in [0, 0.1) is 6.92 Å². The van der Waals surface area contributed by atoms with Crippen molar-refractivity contribution in [3.05, 3.63) is 46.4 Å². The van der Waals surface area contributed by atoms with Crippen LogP contribution in [0.1, 0.15) is 5.56 Å². The van der Waals surface area contributed by atoms with E-state index in [1.54, 1.807) is 0 Å². The summed E-state index contributed by atoms with van der Waals surface area (Å²) in [4.78, 5) is 1.46. The van der Waals surface area contributed by atoms with E-state index in [1.807, 2.05) is 43.3 Å². The predicted molar refractivity (Wildman–Crippen MR) is 73.0 cm³/mol. The molecule has 1 aromatic heterocycles. The van der Waals surface area contributed by atoms with E-state index in [-0.39, 0.29) is 5.75 Å². The molecule has 0 aliphatic carbocycles. The molecule has 0 bridgehead atoms. The molecule has 0 spiro atoms. The summed E-state index contributed by atoms with van der Waals surface area (Å²) in [6.07, 6.45) is 0. The van der Waals surface area contributed by atoms with Crippen LogP contribution in [0.3, 0.4) is 0 Å². The highest BCUT2D eigenvalue weighted by Crippen LogP contribution is 2.31. The highest BCUT2D eigenvalue weighted by Gasteiger charge is 2.11. The summed E-state index contributed by atoms with van der Waals surface area (Å²) in [7, 11) is 0. The highest BCUT2D eigenvalue weighted by molar-refractivity contribution is 9.10. The lowest BCUT2D eigenvalue weighted by Crippen LogP contribution is -1.99. The van der Waals surface area contributed by atoms with Crippen LogP contribution >= 0.6 is 15.9 Å². The fraction of sp³-hybridized carbons (Fsp3) is 0.0769. The van der Waals surface area contributed by atoms with Gasteiger partial charge in [-0.1, -0.05) is 12.1 Å². The number of nitrogens with zero attached hydrogens (tertiary/aromatic N) is 3. The Morgan fingerprint density at radius 1 is 1.11 bits per heavy atom. The molecule has 0 unspecified atom stereocenters. The van der Waals surface area contributed by atoms with Crippen molar-refractivity contribution in [2.45, 2.75) is 6.92 Å². The molecule has 3 aromatic rings. The van der Waals surface area contributed by atoms with Gasteiger partial charge in [0.15, 0.2) is 5.75 Å². The third-order valence-electron chi connectivity index (χ3n) is 2.69. The quantitative estimate of drug-likeness (QED) is 0.751. The number of aromatic nitrogens is 3. The van der Waals surface area contributed by atoms with Crippen LogP contribution in [0.4, 0.5) is 0 Å². The number of aryl methyl sites for hydroxylation is 1. The molecule has 0 saturated carbocycles. The van der Waals surface area contributed by atoms with Crippen LogP contribution < -0.4 is 0 Å². The van der Waals surface area contributed by atoms with Crippen molar-refractivity contribution in [3.8, 4) is 11.4 Å². The summed E-state index contributed by atoms with van der Waals surface area (Å²) in [5.74, 6) is 0.140. The smallest absolute Gasteiger partial charge is 0.157 e. The number of halogens is 1. The molecule has 2 aromatic carbocycles. The van der Waals surface area contributed by atoms with E-state index in [2.05, 4.69) is 26.1 Å². The molecule has 5 heteroatoms. The maximum atomic E-state index is 10.1. The van der Waals surface area contributed by atoms with Gasteiger partial charge in [-0.3, -0.25) is 0 Å². The first-order valence-electron chi connectivity index (χ1n) is 5.47. The van der Waals surface area contributed by atoms with Crippen molar-refractivity contribution >= 4 is 27.0 Å². The molecule has 0 aliphatic rings. The zero-order valence-electron chi connectivity index (χ0n) is 9.63. The molecule has 0 saturated heterocycles. The predicted octanol–water partition coefficient (Wildman–Crippen LogP) is 3.20. The van der Waals surface area contributed by atoms with Gasteiger partial charge >= 0.3 is 0 Å². The first-order valence-corrected chi connectivity index (χ1v) is 6.26. The SMILES string of the molecule is Cc1cc(Br)c(O)c(-n2nc3ccccc3n2)c1. The van der Waals surface area contributed by atoms with Gasteiger partial charge in [-0.05, 0) is 52.7 Å². The Kier molecular flexibility index (Phi) is 2.56. The minimum Gasteiger partial charge on any atom is -0.505 e. The molecule has 0 amide bonds. The normalized spacial score (nSPS) is 11.0. The van der Waals surface area contributed by atoms with Crippen molar-refractivity contribution in [1.29, 1.82) is 0 Å². The Balaban J connectivity index is 2.26. The fourth-order valence-corrected chi connectivity index (χ4v) is 2.40. The van der Waals surface area contributed by atoms with Crippen molar-refractivity contribution in [2.75, 3.05) is 0 Å². The number of aromatic hydroxyl groups is 1. The van der Waals surface area contributed by atoms with E-state index < -0.39 is 0 Å². The Morgan fingerprint density at radius 2 is 1.72 bits per heavy atom. The summed E-state index contributed by atoms with van der Waals surface area (Å²) >= 11 is 3.32. The lowest BCUT2D eigenvalue weighted by atomic mass is 10.2. The topological polar surface area (TPSA) is 50.9 Å². The van der Waals surface area contributed by atoms with Gasteiger partial charge in [-0.15, -0.1) is 15.0 Å². The van der Waals surface area contributed by atoms with Gasteiger partial charge in [-0.2, -0.15) is 0 Å². The molecule has 3 rings (SSSR count). The third kappa shape index (κ3) is 1.76. The molecule has 1 N–H and O–H groups in total. The Hall–Kier alpha value is -1.88. The minimum atomic E-state index is 0.140. The van der Waals surface area contributed by atoms with Gasteiger partial charge in [0.1, 0.15) is 16.7 Å². The lowest BCUT2D eigenvalue weighted by Gasteiger charge is -2.06. The Labute approximate surface area is 112 Å². The number of hydrogen-bond acceptors (Lipinski definition) is 3. The first-order chi connectivity index (χ1) is 8.65. The van der Waals surface area contributed by atoms with E-state index in [0.29, 0.717) is 10.2 Å². The third-order valence-corrected chi connectivity index (χ3v) is 3.29. The van der Waals surface area contributed by atoms with E-state index >= 15 is 0 Å². The zero-order valence-corrected chi connectivity index (χ0v) is 11.2. The summed E-state index contributed by atoms with van der Waals surface area (Å²) in [5, 5.41) is 18.8. The van der Waals surface area contributed by atoms with Crippen LogP contribution in [-0.2, 0) is 0 Å². The molecular formula is C13H10BrN3O. The molecule has 0 aliphatic heterocycles. The molecule has 4 nitrogen and oxygen atoms in total. The number of fused-ring (bicyclic) bond motifs is 1. The average molecular weight is 304 g/mol. The van der Waals surface area contributed by atoms with Crippen LogP contribution in [0.15, 0.2) is 40.9 Å². The van der Waals surface area contributed by atoms with Crippen molar-refractivity contribution in [3.63, 3.8) is 0 Å². The largest absolute Gasteiger partial charge is 0.505 e. The molecule has 90 valence electrons. The van der Waals surface area contributed by atoms with E-state index in [1.165, 1.54) is 4.80 Å².